The molecular weight excluding hydrogens is 496 g/mol. The SMILES string of the molecule is CC(C)c1ccc(N2C(=O)C(O)=C(C(=O)c3cc4cc(Br)ccc4o3)C2c2cccnc2)cc1. The van der Waals surface area contributed by atoms with Crippen LogP contribution in [0.1, 0.15) is 47.5 Å². The van der Waals surface area contributed by atoms with Crippen molar-refractivity contribution in [3.8, 4) is 0 Å². The van der Waals surface area contributed by atoms with Gasteiger partial charge in [-0.15, -0.1) is 0 Å². The number of halogens is 1. The van der Waals surface area contributed by atoms with Crippen molar-refractivity contribution in [3.05, 3.63) is 106 Å². The zero-order valence-corrected chi connectivity index (χ0v) is 20.1. The van der Waals surface area contributed by atoms with Gasteiger partial charge in [-0.1, -0.05) is 48.0 Å². The third-order valence-electron chi connectivity index (χ3n) is 5.99. The maximum atomic E-state index is 13.6. The highest BCUT2D eigenvalue weighted by atomic mass is 79.9. The maximum Gasteiger partial charge on any atom is 0.294 e. The van der Waals surface area contributed by atoms with E-state index in [0.717, 1.165) is 15.4 Å². The van der Waals surface area contributed by atoms with Crippen molar-refractivity contribution >= 4 is 44.3 Å². The van der Waals surface area contributed by atoms with Crippen molar-refractivity contribution < 1.29 is 19.1 Å². The summed E-state index contributed by atoms with van der Waals surface area (Å²) < 4.78 is 6.64. The van der Waals surface area contributed by atoms with Crippen LogP contribution in [-0.4, -0.2) is 21.8 Å². The summed E-state index contributed by atoms with van der Waals surface area (Å²) in [5.41, 5.74) is 2.80. The molecule has 5 rings (SSSR count). The molecule has 1 N–H and O–H groups in total. The Bertz CT molecular complexity index is 1440. The molecule has 170 valence electrons. The van der Waals surface area contributed by atoms with Crippen LogP contribution in [0.3, 0.4) is 0 Å². The van der Waals surface area contributed by atoms with Crippen molar-refractivity contribution in [1.29, 1.82) is 0 Å². The molecule has 1 atom stereocenters. The van der Waals surface area contributed by atoms with E-state index in [4.69, 9.17) is 4.42 Å². The van der Waals surface area contributed by atoms with Gasteiger partial charge in [-0.2, -0.15) is 0 Å². The van der Waals surface area contributed by atoms with Gasteiger partial charge < -0.3 is 9.52 Å². The lowest BCUT2D eigenvalue weighted by Gasteiger charge is -2.26. The molecule has 0 fully saturated rings. The molecule has 1 amide bonds. The number of amides is 1. The monoisotopic (exact) mass is 516 g/mol. The zero-order valence-electron chi connectivity index (χ0n) is 18.5. The molecule has 2 aromatic heterocycles. The summed E-state index contributed by atoms with van der Waals surface area (Å²) in [7, 11) is 0. The number of rotatable bonds is 5. The van der Waals surface area contributed by atoms with Gasteiger partial charge in [0.1, 0.15) is 5.58 Å². The molecular formula is C27H21BrN2O4. The normalized spacial score (nSPS) is 16.2. The van der Waals surface area contributed by atoms with E-state index in [1.54, 1.807) is 36.7 Å². The summed E-state index contributed by atoms with van der Waals surface area (Å²) in [5.74, 6) is -1.40. The maximum absolute atomic E-state index is 13.6. The summed E-state index contributed by atoms with van der Waals surface area (Å²) in [6.07, 6.45) is 3.21. The minimum absolute atomic E-state index is 0.0379. The first-order valence-electron chi connectivity index (χ1n) is 10.9. The number of furan rings is 1. The van der Waals surface area contributed by atoms with E-state index >= 15 is 0 Å². The number of anilines is 1. The molecule has 1 unspecified atom stereocenters. The molecule has 4 aromatic rings. The summed E-state index contributed by atoms with van der Waals surface area (Å²) in [4.78, 5) is 32.5. The van der Waals surface area contributed by atoms with Crippen LogP contribution >= 0.6 is 15.9 Å². The predicted octanol–water partition coefficient (Wildman–Crippen LogP) is 6.50. The lowest BCUT2D eigenvalue weighted by Crippen LogP contribution is -2.31. The zero-order chi connectivity index (χ0) is 24.0. The van der Waals surface area contributed by atoms with Crippen molar-refractivity contribution in [3.63, 3.8) is 0 Å². The standard InChI is InChI=1S/C27H21BrN2O4/c1-15(2)16-5-8-20(9-6-16)30-24(17-4-3-11-29-14-17)23(26(32)27(30)33)25(31)22-13-18-12-19(28)7-10-21(18)34-22/h3-15,24,32H,1-2H3. The summed E-state index contributed by atoms with van der Waals surface area (Å²) in [5, 5.41) is 11.6. The van der Waals surface area contributed by atoms with E-state index < -0.39 is 23.5 Å². The number of benzene rings is 2. The van der Waals surface area contributed by atoms with Gasteiger partial charge in [0.05, 0.1) is 11.6 Å². The molecule has 0 saturated carbocycles. The Morgan fingerprint density at radius 2 is 1.88 bits per heavy atom. The number of fused-ring (bicyclic) bond motifs is 1. The van der Waals surface area contributed by atoms with Crippen LogP contribution in [0.2, 0.25) is 0 Å². The van der Waals surface area contributed by atoms with Crippen molar-refractivity contribution in [2.45, 2.75) is 25.8 Å². The Hall–Kier alpha value is -3.71. The number of carbonyl (C=O) groups is 2. The molecule has 2 aromatic carbocycles. The lowest BCUT2D eigenvalue weighted by atomic mass is 9.95. The first-order valence-corrected chi connectivity index (χ1v) is 11.6. The van der Waals surface area contributed by atoms with Gasteiger partial charge in [-0.25, -0.2) is 0 Å². The molecule has 1 aliphatic heterocycles. The molecule has 0 saturated heterocycles. The van der Waals surface area contributed by atoms with Gasteiger partial charge in [-0.3, -0.25) is 19.5 Å². The molecule has 34 heavy (non-hydrogen) atoms. The quantitative estimate of drug-likeness (QED) is 0.306. The number of hydrogen-bond acceptors (Lipinski definition) is 5. The van der Waals surface area contributed by atoms with E-state index in [2.05, 4.69) is 34.8 Å². The highest BCUT2D eigenvalue weighted by Gasteiger charge is 2.45. The Morgan fingerprint density at radius 1 is 1.12 bits per heavy atom. The number of aliphatic hydroxyl groups excluding tert-OH is 1. The molecule has 1 aliphatic rings. The van der Waals surface area contributed by atoms with Crippen LogP contribution in [0.15, 0.2) is 93.3 Å². The number of aliphatic hydroxyl groups is 1. The summed E-state index contributed by atoms with van der Waals surface area (Å²) in [6.45, 7) is 4.18. The third kappa shape index (κ3) is 3.72. The fraction of sp³-hybridized carbons (Fsp3) is 0.148. The first-order chi connectivity index (χ1) is 16.3. The molecule has 0 bridgehead atoms. The Labute approximate surface area is 204 Å². The second kappa shape index (κ2) is 8.57. The second-order valence-electron chi connectivity index (χ2n) is 8.49. The number of carbonyl (C=O) groups excluding carboxylic acids is 2. The number of hydrogen-bond donors (Lipinski definition) is 1. The van der Waals surface area contributed by atoms with E-state index in [9.17, 15) is 14.7 Å². The topological polar surface area (TPSA) is 83.6 Å². The molecule has 7 heteroatoms. The first kappa shape index (κ1) is 22.1. The van der Waals surface area contributed by atoms with Gasteiger partial charge in [0.2, 0.25) is 5.78 Å². The average Bonchev–Trinajstić information content (AvgIpc) is 3.38. The van der Waals surface area contributed by atoms with E-state index in [0.29, 0.717) is 22.8 Å². The van der Waals surface area contributed by atoms with Crippen LogP contribution in [0.5, 0.6) is 0 Å². The lowest BCUT2D eigenvalue weighted by molar-refractivity contribution is -0.117. The van der Waals surface area contributed by atoms with Crippen molar-refractivity contribution in [2.75, 3.05) is 4.90 Å². The second-order valence-corrected chi connectivity index (χ2v) is 9.41. The predicted molar refractivity (Wildman–Crippen MR) is 133 cm³/mol. The summed E-state index contributed by atoms with van der Waals surface area (Å²) >= 11 is 3.42. The number of pyridine rings is 1. The minimum Gasteiger partial charge on any atom is -0.503 e. The Kier molecular flexibility index (Phi) is 5.57. The van der Waals surface area contributed by atoms with Gasteiger partial charge in [-0.05, 0) is 59.5 Å². The average molecular weight is 517 g/mol. The molecule has 3 heterocycles. The highest BCUT2D eigenvalue weighted by Crippen LogP contribution is 2.42. The van der Waals surface area contributed by atoms with Gasteiger partial charge in [0, 0.05) is 27.9 Å². The van der Waals surface area contributed by atoms with Crippen molar-refractivity contribution in [1.82, 2.24) is 4.98 Å². The van der Waals surface area contributed by atoms with Crippen LogP contribution in [0, 0.1) is 0 Å². The highest BCUT2D eigenvalue weighted by molar-refractivity contribution is 9.10. The van der Waals surface area contributed by atoms with E-state index in [1.165, 1.54) is 4.90 Å². The Morgan fingerprint density at radius 3 is 2.56 bits per heavy atom. The fourth-order valence-corrected chi connectivity index (χ4v) is 4.61. The molecule has 0 spiro atoms. The molecule has 0 radical (unpaired) electrons. The largest absolute Gasteiger partial charge is 0.503 e. The van der Waals surface area contributed by atoms with Crippen LogP contribution < -0.4 is 4.90 Å². The molecule has 6 nitrogen and oxygen atoms in total. The van der Waals surface area contributed by atoms with Crippen molar-refractivity contribution in [2.24, 2.45) is 0 Å². The number of ketones is 1. The van der Waals surface area contributed by atoms with Crippen LogP contribution in [0.25, 0.3) is 11.0 Å². The van der Waals surface area contributed by atoms with E-state index in [-0.39, 0.29) is 11.3 Å². The number of Topliss-reactive ketones (excluding diaryl/α,β-unsaturated/α-hetero) is 1. The molecule has 0 aliphatic carbocycles. The number of aromatic nitrogens is 1. The summed E-state index contributed by atoms with van der Waals surface area (Å²) in [6, 6.07) is 17.2. The number of nitrogens with zero attached hydrogens (tertiary/aromatic N) is 2. The van der Waals surface area contributed by atoms with Crippen LogP contribution in [0.4, 0.5) is 5.69 Å². The van der Waals surface area contributed by atoms with Gasteiger partial charge in [0.15, 0.2) is 11.5 Å². The smallest absolute Gasteiger partial charge is 0.294 e. The van der Waals surface area contributed by atoms with E-state index in [1.807, 2.05) is 36.4 Å². The van der Waals surface area contributed by atoms with Crippen LogP contribution in [-0.2, 0) is 4.79 Å². The fourth-order valence-electron chi connectivity index (χ4n) is 4.24. The minimum atomic E-state index is -0.849. The van der Waals surface area contributed by atoms with Gasteiger partial charge in [0.25, 0.3) is 5.91 Å². The van der Waals surface area contributed by atoms with Gasteiger partial charge >= 0.3 is 0 Å². The third-order valence-corrected chi connectivity index (χ3v) is 6.49. The Balaban J connectivity index is 1.62.